The molecule has 0 aliphatic carbocycles. The minimum atomic E-state index is -0.856. The van der Waals surface area contributed by atoms with E-state index in [-0.39, 0.29) is 18.7 Å². The largest absolute Gasteiger partial charge is 0.361 e. The second kappa shape index (κ2) is 17.8. The average molecular weight is 659 g/mol. The van der Waals surface area contributed by atoms with E-state index in [0.717, 1.165) is 52.4 Å². The van der Waals surface area contributed by atoms with E-state index >= 15 is 0 Å². The molecule has 0 aliphatic heterocycles. The van der Waals surface area contributed by atoms with Crippen LogP contribution >= 0.6 is 0 Å². The van der Waals surface area contributed by atoms with Gasteiger partial charge in [-0.05, 0) is 71.6 Å². The number of aromatic nitrogens is 1. The number of hydrogen-bond acceptors (Lipinski definition) is 4. The van der Waals surface area contributed by atoms with Crippen molar-refractivity contribution in [1.82, 2.24) is 21.1 Å². The molecule has 8 nitrogen and oxygen atoms in total. The van der Waals surface area contributed by atoms with E-state index in [1.54, 1.807) is 5.48 Å². The number of amides is 3. The quantitative estimate of drug-likeness (QED) is 0.0563. The SMILES string of the molecule is CCCc1ccc(-c2ccc(CCC[C@H](CC(=O)NO)C(=O)N[C@@H](Cc3c[nH]c4ccccc34)C(=O)NCCc3ccccc3)cc2)cc1. The summed E-state index contributed by atoms with van der Waals surface area (Å²) in [6.45, 7) is 2.60. The van der Waals surface area contributed by atoms with Crippen molar-refractivity contribution in [3.05, 3.63) is 132 Å². The van der Waals surface area contributed by atoms with Gasteiger partial charge in [-0.3, -0.25) is 19.6 Å². The molecule has 0 spiro atoms. The molecule has 3 amide bonds. The number of fused-ring (bicyclic) bond motifs is 1. The molecule has 0 aliphatic rings. The van der Waals surface area contributed by atoms with Crippen molar-refractivity contribution < 1.29 is 19.6 Å². The maximum Gasteiger partial charge on any atom is 0.244 e. The number of nitrogens with one attached hydrogen (secondary N) is 4. The lowest BCUT2D eigenvalue weighted by Gasteiger charge is -2.22. The fraction of sp³-hybridized carbons (Fsp3) is 0.293. The van der Waals surface area contributed by atoms with E-state index in [9.17, 15) is 19.6 Å². The van der Waals surface area contributed by atoms with Gasteiger partial charge < -0.3 is 15.6 Å². The van der Waals surface area contributed by atoms with E-state index < -0.39 is 23.8 Å². The Morgan fingerprint density at radius 3 is 2.04 bits per heavy atom. The van der Waals surface area contributed by atoms with Crippen molar-refractivity contribution in [1.29, 1.82) is 0 Å². The summed E-state index contributed by atoms with van der Waals surface area (Å²) in [5.41, 5.74) is 9.41. The lowest BCUT2D eigenvalue weighted by Crippen LogP contribution is -2.50. The summed E-state index contributed by atoms with van der Waals surface area (Å²) < 4.78 is 0. The highest BCUT2D eigenvalue weighted by Crippen LogP contribution is 2.23. The molecule has 0 saturated carbocycles. The van der Waals surface area contributed by atoms with Crippen LogP contribution in [0.5, 0.6) is 0 Å². The van der Waals surface area contributed by atoms with Gasteiger partial charge in [0.05, 0.1) is 0 Å². The summed E-state index contributed by atoms with van der Waals surface area (Å²) in [7, 11) is 0. The second-order valence-corrected chi connectivity index (χ2v) is 12.6. The Hall–Kier alpha value is -5.21. The first-order valence-corrected chi connectivity index (χ1v) is 17.2. The number of carbonyl (C=O) groups is 3. The Morgan fingerprint density at radius 1 is 0.735 bits per heavy atom. The summed E-state index contributed by atoms with van der Waals surface area (Å²) in [6.07, 6.45) is 6.59. The van der Waals surface area contributed by atoms with Crippen LogP contribution in [0.4, 0.5) is 0 Å². The predicted octanol–water partition coefficient (Wildman–Crippen LogP) is 6.71. The Labute approximate surface area is 288 Å². The zero-order chi connectivity index (χ0) is 34.4. The maximum absolute atomic E-state index is 13.7. The Bertz CT molecular complexity index is 1800. The Morgan fingerprint density at radius 2 is 1.37 bits per heavy atom. The average Bonchev–Trinajstić information content (AvgIpc) is 3.54. The van der Waals surface area contributed by atoms with Crippen LogP contribution in [0.3, 0.4) is 0 Å². The molecule has 0 radical (unpaired) electrons. The molecule has 0 saturated heterocycles. The van der Waals surface area contributed by atoms with Gasteiger partial charge in [-0.2, -0.15) is 0 Å². The molecule has 1 aromatic heterocycles. The molecule has 49 heavy (non-hydrogen) atoms. The monoisotopic (exact) mass is 658 g/mol. The Balaban J connectivity index is 1.23. The van der Waals surface area contributed by atoms with Crippen LogP contribution in [-0.4, -0.2) is 40.5 Å². The standard InChI is InChI=1S/C41H46N4O4/c1-2-9-29-16-20-32(21-17-29)33-22-18-31(19-23-33)12-8-13-34(27-39(46)45-49)40(47)44-38(26-35-28-43-37-15-7-6-14-36(35)37)41(48)42-25-24-30-10-4-3-5-11-30/h3-7,10-11,14-23,28,34,38,43,49H,2,8-9,12-13,24-27H2,1H3,(H,42,48)(H,44,47)(H,45,46)/t34-,38+/m1/s1. The molecule has 8 heteroatoms. The third-order valence-corrected chi connectivity index (χ3v) is 9.01. The number of H-pyrrole nitrogens is 1. The van der Waals surface area contributed by atoms with E-state index in [0.29, 0.717) is 25.8 Å². The summed E-state index contributed by atoms with van der Waals surface area (Å²) >= 11 is 0. The van der Waals surface area contributed by atoms with Crippen LogP contribution in [0, 0.1) is 5.92 Å². The summed E-state index contributed by atoms with van der Waals surface area (Å²) in [6, 6.07) is 34.0. The molecular weight excluding hydrogens is 612 g/mol. The number of aromatic amines is 1. The highest BCUT2D eigenvalue weighted by atomic mass is 16.5. The number of aryl methyl sites for hydroxylation is 2. The van der Waals surface area contributed by atoms with Crippen molar-refractivity contribution >= 4 is 28.6 Å². The summed E-state index contributed by atoms with van der Waals surface area (Å²) in [4.78, 5) is 42.8. The molecule has 0 unspecified atom stereocenters. The first-order valence-electron chi connectivity index (χ1n) is 17.2. The number of hydroxylamine groups is 1. The predicted molar refractivity (Wildman–Crippen MR) is 194 cm³/mol. The molecule has 1 heterocycles. The molecule has 4 aromatic carbocycles. The minimum Gasteiger partial charge on any atom is -0.361 e. The minimum absolute atomic E-state index is 0.190. The van der Waals surface area contributed by atoms with Crippen molar-refractivity contribution in [2.75, 3.05) is 6.54 Å². The topological polar surface area (TPSA) is 123 Å². The number of benzene rings is 4. The van der Waals surface area contributed by atoms with Gasteiger partial charge in [0.15, 0.2) is 0 Å². The third-order valence-electron chi connectivity index (χ3n) is 9.01. The highest BCUT2D eigenvalue weighted by molar-refractivity contribution is 5.91. The van der Waals surface area contributed by atoms with Crippen LogP contribution in [-0.2, 0) is 40.1 Å². The van der Waals surface area contributed by atoms with Crippen molar-refractivity contribution in [2.45, 2.75) is 64.3 Å². The Kier molecular flexibility index (Phi) is 12.8. The summed E-state index contributed by atoms with van der Waals surface area (Å²) in [5, 5.41) is 16.2. The molecule has 5 rings (SSSR count). The first kappa shape index (κ1) is 35.1. The second-order valence-electron chi connectivity index (χ2n) is 12.6. The van der Waals surface area contributed by atoms with Gasteiger partial charge in [-0.15, -0.1) is 0 Å². The molecule has 5 N–H and O–H groups in total. The number of hydrogen-bond donors (Lipinski definition) is 5. The van der Waals surface area contributed by atoms with Crippen molar-refractivity contribution in [2.24, 2.45) is 5.92 Å². The molecular formula is C41H46N4O4. The molecule has 254 valence electrons. The van der Waals surface area contributed by atoms with Crippen LogP contribution < -0.4 is 16.1 Å². The number of rotatable bonds is 17. The van der Waals surface area contributed by atoms with Crippen molar-refractivity contribution in [3.63, 3.8) is 0 Å². The fourth-order valence-corrected chi connectivity index (χ4v) is 6.28. The van der Waals surface area contributed by atoms with Gasteiger partial charge in [0.25, 0.3) is 0 Å². The van der Waals surface area contributed by atoms with Gasteiger partial charge in [-0.1, -0.05) is 110 Å². The van der Waals surface area contributed by atoms with Gasteiger partial charge in [0.1, 0.15) is 6.04 Å². The van der Waals surface area contributed by atoms with Crippen LogP contribution in [0.25, 0.3) is 22.0 Å². The third kappa shape index (κ3) is 10.1. The molecule has 2 atom stereocenters. The van der Waals surface area contributed by atoms with Gasteiger partial charge in [-0.25, -0.2) is 5.48 Å². The zero-order valence-electron chi connectivity index (χ0n) is 28.1. The maximum atomic E-state index is 13.7. The fourth-order valence-electron chi connectivity index (χ4n) is 6.28. The molecule has 0 fully saturated rings. The molecule has 0 bridgehead atoms. The number of carbonyl (C=O) groups excluding carboxylic acids is 3. The lowest BCUT2D eigenvalue weighted by molar-refractivity contribution is -0.136. The van der Waals surface area contributed by atoms with E-state index in [1.165, 1.54) is 11.1 Å². The van der Waals surface area contributed by atoms with E-state index in [2.05, 4.69) is 71.1 Å². The normalized spacial score (nSPS) is 12.3. The smallest absolute Gasteiger partial charge is 0.244 e. The first-order chi connectivity index (χ1) is 23.9. The molecule has 5 aromatic rings. The lowest BCUT2D eigenvalue weighted by atomic mass is 9.94. The van der Waals surface area contributed by atoms with Gasteiger partial charge in [0, 0.05) is 42.4 Å². The highest BCUT2D eigenvalue weighted by Gasteiger charge is 2.28. The summed E-state index contributed by atoms with van der Waals surface area (Å²) in [5.74, 6) is -2.06. The van der Waals surface area contributed by atoms with Gasteiger partial charge >= 0.3 is 0 Å². The van der Waals surface area contributed by atoms with Crippen molar-refractivity contribution in [3.8, 4) is 11.1 Å². The van der Waals surface area contributed by atoms with E-state index in [1.807, 2.05) is 60.8 Å². The number of para-hydroxylation sites is 1. The van der Waals surface area contributed by atoms with Crippen LogP contribution in [0.15, 0.2) is 109 Å². The van der Waals surface area contributed by atoms with Crippen LogP contribution in [0.2, 0.25) is 0 Å². The van der Waals surface area contributed by atoms with E-state index in [4.69, 9.17) is 0 Å². The van der Waals surface area contributed by atoms with Gasteiger partial charge in [0.2, 0.25) is 17.7 Å². The zero-order valence-corrected chi connectivity index (χ0v) is 28.1. The van der Waals surface area contributed by atoms with Crippen LogP contribution in [0.1, 0.15) is 54.9 Å².